The summed E-state index contributed by atoms with van der Waals surface area (Å²) in [6.07, 6.45) is 0. The van der Waals surface area contributed by atoms with Crippen molar-refractivity contribution in [3.63, 3.8) is 0 Å². The predicted octanol–water partition coefficient (Wildman–Crippen LogP) is 4.82. The van der Waals surface area contributed by atoms with Gasteiger partial charge in [0.2, 0.25) is 5.89 Å². The molecule has 0 fully saturated rings. The van der Waals surface area contributed by atoms with Gasteiger partial charge in [-0.3, -0.25) is 4.79 Å². The largest absolute Gasteiger partial charge is 0.484 e. The van der Waals surface area contributed by atoms with Crippen LogP contribution in [0.4, 0.5) is 5.69 Å². The lowest BCUT2D eigenvalue weighted by Crippen LogP contribution is -2.20. The topological polar surface area (TPSA) is 64.4 Å². The maximum Gasteiger partial charge on any atom is 0.262 e. The molecule has 0 aliphatic carbocycles. The van der Waals surface area contributed by atoms with Crippen LogP contribution in [0, 0.1) is 6.92 Å². The second kappa shape index (κ2) is 7.33. The average molecular weight is 358 g/mol. The van der Waals surface area contributed by atoms with Crippen LogP contribution in [0.25, 0.3) is 22.6 Å². The number of hydrogen-bond acceptors (Lipinski definition) is 4. The highest BCUT2D eigenvalue weighted by atomic mass is 16.5. The summed E-state index contributed by atoms with van der Waals surface area (Å²) in [5.74, 6) is 0.974. The molecule has 4 rings (SSSR count). The molecule has 5 nitrogen and oxygen atoms in total. The van der Waals surface area contributed by atoms with Crippen molar-refractivity contribution < 1.29 is 13.9 Å². The molecular weight excluding hydrogens is 340 g/mol. The van der Waals surface area contributed by atoms with Crippen LogP contribution in [0.15, 0.2) is 77.2 Å². The number of ether oxygens (including phenoxy) is 1. The Morgan fingerprint density at radius 2 is 1.89 bits per heavy atom. The first kappa shape index (κ1) is 16.8. The van der Waals surface area contributed by atoms with Crippen molar-refractivity contribution in [1.82, 2.24) is 4.98 Å². The third kappa shape index (κ3) is 3.98. The molecule has 0 aliphatic rings. The molecule has 1 amide bonds. The molecule has 0 saturated carbocycles. The number of rotatable bonds is 5. The summed E-state index contributed by atoms with van der Waals surface area (Å²) in [5, 5.41) is 2.81. The molecule has 27 heavy (non-hydrogen) atoms. The second-order valence-electron chi connectivity index (χ2n) is 6.22. The van der Waals surface area contributed by atoms with E-state index < -0.39 is 0 Å². The zero-order valence-corrected chi connectivity index (χ0v) is 14.8. The Kier molecular flexibility index (Phi) is 4.58. The van der Waals surface area contributed by atoms with E-state index in [9.17, 15) is 4.79 Å². The molecular formula is C22H18N2O3. The number of carbonyl (C=O) groups is 1. The summed E-state index contributed by atoms with van der Waals surface area (Å²) in [7, 11) is 0. The maximum atomic E-state index is 12.1. The van der Waals surface area contributed by atoms with Crippen molar-refractivity contribution in [2.75, 3.05) is 11.9 Å². The first-order valence-corrected chi connectivity index (χ1v) is 8.63. The van der Waals surface area contributed by atoms with Crippen LogP contribution in [-0.4, -0.2) is 17.5 Å². The Balaban J connectivity index is 1.47. The number of nitrogens with zero attached hydrogens (tertiary/aromatic N) is 1. The summed E-state index contributed by atoms with van der Waals surface area (Å²) in [6, 6.07) is 22.6. The molecule has 1 aromatic heterocycles. The van der Waals surface area contributed by atoms with Gasteiger partial charge in [0.1, 0.15) is 11.3 Å². The van der Waals surface area contributed by atoms with Gasteiger partial charge in [0, 0.05) is 17.3 Å². The summed E-state index contributed by atoms with van der Waals surface area (Å²) in [6.45, 7) is 1.96. The molecule has 0 saturated heterocycles. The minimum absolute atomic E-state index is 0.0625. The number of carbonyl (C=O) groups excluding carboxylic acids is 1. The number of aromatic nitrogens is 1. The van der Waals surface area contributed by atoms with Crippen molar-refractivity contribution in [1.29, 1.82) is 0 Å². The smallest absolute Gasteiger partial charge is 0.262 e. The monoisotopic (exact) mass is 358 g/mol. The molecule has 0 spiro atoms. The van der Waals surface area contributed by atoms with Gasteiger partial charge in [0.15, 0.2) is 12.2 Å². The zero-order valence-electron chi connectivity index (χ0n) is 14.8. The lowest BCUT2D eigenvalue weighted by atomic mass is 10.1. The third-order valence-electron chi connectivity index (χ3n) is 4.05. The highest BCUT2D eigenvalue weighted by molar-refractivity contribution is 5.93. The highest BCUT2D eigenvalue weighted by Crippen LogP contribution is 2.26. The fraction of sp³-hybridized carbons (Fsp3) is 0.0909. The molecule has 3 aromatic carbocycles. The molecule has 0 aliphatic heterocycles. The molecule has 0 radical (unpaired) electrons. The van der Waals surface area contributed by atoms with E-state index in [1.54, 1.807) is 24.3 Å². The molecule has 0 bridgehead atoms. The fourth-order valence-corrected chi connectivity index (χ4v) is 2.77. The molecule has 0 unspecified atom stereocenters. The normalized spacial score (nSPS) is 10.7. The van der Waals surface area contributed by atoms with Crippen LogP contribution >= 0.6 is 0 Å². The van der Waals surface area contributed by atoms with Gasteiger partial charge in [-0.05, 0) is 43.3 Å². The van der Waals surface area contributed by atoms with Crippen molar-refractivity contribution in [2.45, 2.75) is 6.92 Å². The highest BCUT2D eigenvalue weighted by Gasteiger charge is 2.10. The average Bonchev–Trinajstić information content (AvgIpc) is 3.11. The summed E-state index contributed by atoms with van der Waals surface area (Å²) >= 11 is 0. The van der Waals surface area contributed by atoms with Gasteiger partial charge in [-0.25, -0.2) is 4.98 Å². The van der Waals surface area contributed by atoms with Gasteiger partial charge >= 0.3 is 0 Å². The van der Waals surface area contributed by atoms with Crippen LogP contribution in [0.3, 0.4) is 0 Å². The quantitative estimate of drug-likeness (QED) is 0.555. The van der Waals surface area contributed by atoms with E-state index in [0.29, 0.717) is 22.9 Å². The van der Waals surface area contributed by atoms with Crippen LogP contribution in [0.1, 0.15) is 5.56 Å². The number of fused-ring (bicyclic) bond motifs is 1. The van der Waals surface area contributed by atoms with E-state index in [-0.39, 0.29) is 12.5 Å². The Bertz CT molecular complexity index is 1090. The lowest BCUT2D eigenvalue weighted by Gasteiger charge is -2.07. The number of benzene rings is 3. The molecule has 0 atom stereocenters. The van der Waals surface area contributed by atoms with E-state index >= 15 is 0 Å². The van der Waals surface area contributed by atoms with Crippen LogP contribution in [-0.2, 0) is 4.79 Å². The van der Waals surface area contributed by atoms with Gasteiger partial charge in [-0.15, -0.1) is 0 Å². The van der Waals surface area contributed by atoms with Crippen LogP contribution in [0.5, 0.6) is 5.75 Å². The summed E-state index contributed by atoms with van der Waals surface area (Å²) in [5.41, 5.74) is 4.06. The van der Waals surface area contributed by atoms with E-state index in [2.05, 4.69) is 10.3 Å². The lowest BCUT2D eigenvalue weighted by molar-refractivity contribution is -0.118. The molecule has 1 N–H and O–H groups in total. The van der Waals surface area contributed by atoms with Crippen molar-refractivity contribution in [3.05, 3.63) is 78.4 Å². The van der Waals surface area contributed by atoms with Gasteiger partial charge in [0.25, 0.3) is 5.91 Å². The molecule has 134 valence electrons. The second-order valence-corrected chi connectivity index (χ2v) is 6.22. The van der Waals surface area contributed by atoms with Gasteiger partial charge < -0.3 is 14.5 Å². The minimum Gasteiger partial charge on any atom is -0.484 e. The van der Waals surface area contributed by atoms with Gasteiger partial charge in [0.05, 0.1) is 0 Å². The number of amides is 1. The predicted molar refractivity (Wildman–Crippen MR) is 105 cm³/mol. The standard InChI is InChI=1S/C22H18N2O3/c1-15-6-5-7-16(12-15)22-24-19-11-10-17(13-20(19)27-22)23-21(25)14-26-18-8-3-2-4-9-18/h2-13H,14H2,1H3,(H,23,25). The number of aryl methyl sites for hydroxylation is 1. The zero-order chi connectivity index (χ0) is 18.6. The summed E-state index contributed by atoms with van der Waals surface area (Å²) < 4.78 is 11.3. The molecule has 1 heterocycles. The first-order chi connectivity index (χ1) is 13.2. The van der Waals surface area contributed by atoms with Gasteiger partial charge in [-0.1, -0.05) is 35.9 Å². The Morgan fingerprint density at radius 3 is 2.70 bits per heavy atom. The van der Waals surface area contributed by atoms with Crippen molar-refractivity contribution in [2.24, 2.45) is 0 Å². The van der Waals surface area contributed by atoms with E-state index in [1.165, 1.54) is 0 Å². The number of anilines is 1. The number of para-hydroxylation sites is 1. The Morgan fingerprint density at radius 1 is 1.04 bits per heavy atom. The van der Waals surface area contributed by atoms with Crippen LogP contribution < -0.4 is 10.1 Å². The van der Waals surface area contributed by atoms with Crippen molar-refractivity contribution in [3.8, 4) is 17.2 Å². The van der Waals surface area contributed by atoms with Crippen molar-refractivity contribution >= 4 is 22.7 Å². The minimum atomic E-state index is -0.239. The number of hydrogen-bond donors (Lipinski definition) is 1. The SMILES string of the molecule is Cc1cccc(-c2nc3ccc(NC(=O)COc4ccccc4)cc3o2)c1. The maximum absolute atomic E-state index is 12.1. The number of nitrogens with one attached hydrogen (secondary N) is 1. The third-order valence-corrected chi connectivity index (χ3v) is 4.05. The summed E-state index contributed by atoms with van der Waals surface area (Å²) in [4.78, 5) is 16.6. The first-order valence-electron chi connectivity index (χ1n) is 8.63. The number of oxazole rings is 1. The Labute approximate surface area is 156 Å². The fourth-order valence-electron chi connectivity index (χ4n) is 2.77. The molecule has 4 aromatic rings. The van der Waals surface area contributed by atoms with E-state index in [1.807, 2.05) is 55.5 Å². The van der Waals surface area contributed by atoms with E-state index in [0.717, 1.165) is 16.6 Å². The Hall–Kier alpha value is -3.60. The van der Waals surface area contributed by atoms with Gasteiger partial charge in [-0.2, -0.15) is 0 Å². The van der Waals surface area contributed by atoms with E-state index in [4.69, 9.17) is 9.15 Å². The molecule has 5 heteroatoms. The van der Waals surface area contributed by atoms with Crippen LogP contribution in [0.2, 0.25) is 0 Å².